The molecule has 0 saturated carbocycles. The second kappa shape index (κ2) is 8.80. The third-order valence-corrected chi connectivity index (χ3v) is 4.61. The molecule has 0 saturated heterocycles. The van der Waals surface area contributed by atoms with Crippen molar-refractivity contribution in [3.63, 3.8) is 0 Å². The maximum absolute atomic E-state index is 13.8. The van der Waals surface area contributed by atoms with Gasteiger partial charge in [-0.3, -0.25) is 9.59 Å². The Kier molecular flexibility index (Phi) is 6.72. The van der Waals surface area contributed by atoms with Gasteiger partial charge >= 0.3 is 0 Å². The first-order valence-corrected chi connectivity index (χ1v) is 9.11. The Morgan fingerprint density at radius 3 is 2.19 bits per heavy atom. The van der Waals surface area contributed by atoms with Gasteiger partial charge in [0, 0.05) is 12.0 Å². The van der Waals surface area contributed by atoms with E-state index in [9.17, 15) is 14.0 Å². The first-order valence-electron chi connectivity index (χ1n) is 9.11. The largest absolute Gasteiger partial charge is 0.353 e. The van der Waals surface area contributed by atoms with E-state index in [0.717, 1.165) is 5.56 Å². The predicted molar refractivity (Wildman–Crippen MR) is 105 cm³/mol. The molecule has 2 N–H and O–H groups in total. The van der Waals surface area contributed by atoms with E-state index in [1.54, 1.807) is 6.07 Å². The lowest BCUT2D eigenvalue weighted by atomic mass is 9.84. The van der Waals surface area contributed by atoms with Crippen molar-refractivity contribution >= 4 is 11.8 Å². The lowest BCUT2D eigenvalue weighted by Gasteiger charge is -2.28. The van der Waals surface area contributed by atoms with Crippen LogP contribution in [0.15, 0.2) is 54.6 Å². The molecule has 0 fully saturated rings. The molecular formula is C22H27FN2O2. The summed E-state index contributed by atoms with van der Waals surface area (Å²) in [6, 6.07) is 14.9. The molecule has 0 aliphatic carbocycles. The highest BCUT2D eigenvalue weighted by Gasteiger charge is 2.28. The van der Waals surface area contributed by atoms with E-state index in [2.05, 4.69) is 10.6 Å². The number of hydrogen-bond acceptors (Lipinski definition) is 2. The number of halogens is 1. The lowest BCUT2D eigenvalue weighted by molar-refractivity contribution is -0.124. The highest BCUT2D eigenvalue weighted by molar-refractivity contribution is 5.97. The highest BCUT2D eigenvalue weighted by Crippen LogP contribution is 2.21. The van der Waals surface area contributed by atoms with Crippen molar-refractivity contribution < 1.29 is 14.0 Å². The third-order valence-electron chi connectivity index (χ3n) is 4.61. The molecule has 0 spiro atoms. The average Bonchev–Trinajstić information content (AvgIpc) is 2.65. The summed E-state index contributed by atoms with van der Waals surface area (Å²) in [5.74, 6) is -1.62. The van der Waals surface area contributed by atoms with Crippen molar-refractivity contribution in [3.8, 4) is 0 Å². The van der Waals surface area contributed by atoms with Gasteiger partial charge in [-0.15, -0.1) is 0 Å². The zero-order chi connectivity index (χ0) is 20.0. The summed E-state index contributed by atoms with van der Waals surface area (Å²) in [6.07, 6.45) is 0. The van der Waals surface area contributed by atoms with Crippen molar-refractivity contribution in [2.45, 2.75) is 39.2 Å². The van der Waals surface area contributed by atoms with Crippen LogP contribution in [0.2, 0.25) is 0 Å². The first kappa shape index (κ1) is 20.6. The van der Waals surface area contributed by atoms with Gasteiger partial charge in [-0.1, -0.05) is 70.2 Å². The van der Waals surface area contributed by atoms with Crippen molar-refractivity contribution in [3.05, 3.63) is 71.5 Å². The molecule has 0 radical (unpaired) electrons. The van der Waals surface area contributed by atoms with Gasteiger partial charge in [0.05, 0.1) is 5.56 Å². The maximum Gasteiger partial charge on any atom is 0.254 e. The monoisotopic (exact) mass is 370 g/mol. The number of carbonyl (C=O) groups is 2. The quantitative estimate of drug-likeness (QED) is 0.781. The van der Waals surface area contributed by atoms with Crippen molar-refractivity contribution in [2.24, 2.45) is 5.92 Å². The van der Waals surface area contributed by atoms with Crippen molar-refractivity contribution in [2.75, 3.05) is 6.54 Å². The van der Waals surface area contributed by atoms with E-state index < -0.39 is 17.8 Å². The molecule has 2 rings (SSSR count). The molecule has 1 unspecified atom stereocenters. The summed E-state index contributed by atoms with van der Waals surface area (Å²) in [5.41, 5.74) is 0.788. The van der Waals surface area contributed by atoms with Gasteiger partial charge in [-0.25, -0.2) is 4.39 Å². The zero-order valence-electron chi connectivity index (χ0n) is 16.3. The number of amides is 2. The highest BCUT2D eigenvalue weighted by atomic mass is 19.1. The first-order chi connectivity index (χ1) is 12.7. The number of rotatable bonds is 7. The minimum atomic E-state index is -0.747. The summed E-state index contributed by atoms with van der Waals surface area (Å²) >= 11 is 0. The number of benzene rings is 2. The Bertz CT molecular complexity index is 788. The SMILES string of the molecule is CC(C)C(NC(=O)c1ccccc1F)C(=O)NCC(C)(C)c1ccccc1. The topological polar surface area (TPSA) is 58.2 Å². The number of hydrogen-bond donors (Lipinski definition) is 2. The van der Waals surface area contributed by atoms with Crippen molar-refractivity contribution in [1.82, 2.24) is 10.6 Å². The summed E-state index contributed by atoms with van der Waals surface area (Å²) in [5, 5.41) is 5.59. The van der Waals surface area contributed by atoms with Crippen LogP contribution in [0.25, 0.3) is 0 Å². The van der Waals surface area contributed by atoms with Crippen molar-refractivity contribution in [1.29, 1.82) is 0 Å². The van der Waals surface area contributed by atoms with E-state index in [-0.39, 0.29) is 22.8 Å². The number of nitrogens with one attached hydrogen (secondary N) is 2. The van der Waals surface area contributed by atoms with E-state index in [4.69, 9.17) is 0 Å². The van der Waals surface area contributed by atoms with Gasteiger partial charge in [0.25, 0.3) is 5.91 Å². The molecule has 2 aromatic rings. The van der Waals surface area contributed by atoms with E-state index in [1.807, 2.05) is 58.0 Å². The molecule has 1 atom stereocenters. The molecule has 0 aliphatic heterocycles. The summed E-state index contributed by atoms with van der Waals surface area (Å²) in [4.78, 5) is 25.1. The number of carbonyl (C=O) groups excluding carboxylic acids is 2. The van der Waals surface area contributed by atoms with Gasteiger partial charge in [-0.2, -0.15) is 0 Å². The molecule has 0 aromatic heterocycles. The van der Waals surface area contributed by atoms with Gasteiger partial charge in [-0.05, 0) is 23.6 Å². The molecule has 0 aliphatic rings. The Labute approximate surface area is 160 Å². The molecule has 5 heteroatoms. The summed E-state index contributed by atoms with van der Waals surface area (Å²) < 4.78 is 13.8. The molecular weight excluding hydrogens is 343 g/mol. The molecule has 2 aromatic carbocycles. The van der Waals surface area contributed by atoms with E-state index >= 15 is 0 Å². The third kappa shape index (κ3) is 5.39. The average molecular weight is 370 g/mol. The Morgan fingerprint density at radius 1 is 1.00 bits per heavy atom. The maximum atomic E-state index is 13.8. The van der Waals surface area contributed by atoms with Crippen LogP contribution < -0.4 is 10.6 Å². The van der Waals surface area contributed by atoms with Crippen LogP contribution in [0, 0.1) is 11.7 Å². The van der Waals surface area contributed by atoms with Gasteiger partial charge in [0.15, 0.2) is 0 Å². The molecule has 2 amide bonds. The van der Waals surface area contributed by atoms with Gasteiger partial charge in [0.2, 0.25) is 5.91 Å². The standard InChI is InChI=1S/C22H27FN2O2/c1-15(2)19(25-20(26)17-12-8-9-13-18(17)23)21(27)24-14-22(3,4)16-10-6-5-7-11-16/h5-13,15,19H,14H2,1-4H3,(H,24,27)(H,25,26). The fourth-order valence-corrected chi connectivity index (χ4v) is 2.81. The molecule has 0 bridgehead atoms. The van der Waals surface area contributed by atoms with Crippen LogP contribution in [-0.4, -0.2) is 24.4 Å². The smallest absolute Gasteiger partial charge is 0.254 e. The second-order valence-corrected chi connectivity index (χ2v) is 7.64. The summed E-state index contributed by atoms with van der Waals surface area (Å²) in [7, 11) is 0. The van der Waals surface area contributed by atoms with Crippen LogP contribution in [0.1, 0.15) is 43.6 Å². The minimum Gasteiger partial charge on any atom is -0.353 e. The fraction of sp³-hybridized carbons (Fsp3) is 0.364. The van der Waals surface area contributed by atoms with Crippen LogP contribution in [-0.2, 0) is 10.2 Å². The van der Waals surface area contributed by atoms with Crippen LogP contribution in [0.5, 0.6) is 0 Å². The van der Waals surface area contributed by atoms with Crippen LogP contribution in [0.3, 0.4) is 0 Å². The molecule has 144 valence electrons. The summed E-state index contributed by atoms with van der Waals surface area (Å²) in [6.45, 7) is 8.20. The van der Waals surface area contributed by atoms with Gasteiger partial charge in [0.1, 0.15) is 11.9 Å². The molecule has 0 heterocycles. The van der Waals surface area contributed by atoms with Crippen LogP contribution >= 0.6 is 0 Å². The molecule has 4 nitrogen and oxygen atoms in total. The Balaban J connectivity index is 2.05. The lowest BCUT2D eigenvalue weighted by Crippen LogP contribution is -2.51. The molecule has 27 heavy (non-hydrogen) atoms. The second-order valence-electron chi connectivity index (χ2n) is 7.64. The normalized spacial score (nSPS) is 12.5. The minimum absolute atomic E-state index is 0.0689. The van der Waals surface area contributed by atoms with Crippen LogP contribution in [0.4, 0.5) is 4.39 Å². The fourth-order valence-electron chi connectivity index (χ4n) is 2.81. The Morgan fingerprint density at radius 2 is 1.59 bits per heavy atom. The zero-order valence-corrected chi connectivity index (χ0v) is 16.3. The van der Waals surface area contributed by atoms with Gasteiger partial charge < -0.3 is 10.6 Å². The Hall–Kier alpha value is -2.69. The van der Waals surface area contributed by atoms with E-state index in [1.165, 1.54) is 18.2 Å². The predicted octanol–water partition coefficient (Wildman–Crippen LogP) is 3.67. The van der Waals surface area contributed by atoms with E-state index in [0.29, 0.717) is 6.54 Å².